The van der Waals surface area contributed by atoms with Gasteiger partial charge in [0, 0.05) is 0 Å². The van der Waals surface area contributed by atoms with Gasteiger partial charge in [-0.05, 0) is 12.1 Å². The van der Waals surface area contributed by atoms with Crippen molar-refractivity contribution in [1.29, 1.82) is 0 Å². The molecule has 0 aromatic heterocycles. The molecule has 0 aliphatic rings. The van der Waals surface area contributed by atoms with E-state index < -0.39 is 27.9 Å². The second kappa shape index (κ2) is 5.58. The normalized spacial score (nSPS) is 12.7. The van der Waals surface area contributed by atoms with Crippen molar-refractivity contribution in [2.24, 2.45) is 5.84 Å². The highest BCUT2D eigenvalue weighted by Gasteiger charge is 2.31. The Kier molecular flexibility index (Phi) is 4.37. The van der Waals surface area contributed by atoms with Crippen molar-refractivity contribution in [1.82, 2.24) is 10.1 Å². The number of nitrogens with one attached hydrogen (secondary N) is 2. The zero-order chi connectivity index (χ0) is 13.8. The summed E-state index contributed by atoms with van der Waals surface area (Å²) in [4.78, 5) is 21.7. The van der Waals surface area contributed by atoms with E-state index >= 15 is 0 Å². The molecule has 1 aromatic carbocycles. The van der Waals surface area contributed by atoms with Gasteiger partial charge in [0.1, 0.15) is 0 Å². The first-order valence-electron chi connectivity index (χ1n) is 4.69. The third-order valence-electron chi connectivity index (χ3n) is 1.98. The molecule has 98 valence electrons. The molecule has 0 radical (unpaired) electrons. The number of hydrogen-bond donors (Lipinski definition) is 4. The molecule has 1 atom stereocenters. The minimum atomic E-state index is -4.11. The van der Waals surface area contributed by atoms with Crippen LogP contribution < -0.4 is 16.0 Å². The lowest BCUT2D eigenvalue weighted by Crippen LogP contribution is -2.53. The van der Waals surface area contributed by atoms with E-state index in [1.54, 1.807) is 16.2 Å². The second-order valence-electron chi connectivity index (χ2n) is 3.21. The molecular formula is C9H11N3O5S. The monoisotopic (exact) mass is 273 g/mol. The summed E-state index contributed by atoms with van der Waals surface area (Å²) < 4.78 is 25.3. The van der Waals surface area contributed by atoms with Gasteiger partial charge in [-0.1, -0.05) is 18.2 Å². The summed E-state index contributed by atoms with van der Waals surface area (Å²) in [7, 11) is -4.11. The third-order valence-corrected chi connectivity index (χ3v) is 3.42. The number of rotatable bonds is 5. The molecule has 0 heterocycles. The third kappa shape index (κ3) is 3.26. The fraction of sp³-hybridized carbons (Fsp3) is 0.111. The molecule has 1 rings (SSSR count). The minimum absolute atomic E-state index is 0.152. The van der Waals surface area contributed by atoms with E-state index in [0.29, 0.717) is 0 Å². The van der Waals surface area contributed by atoms with E-state index in [-0.39, 0.29) is 4.90 Å². The Balaban J connectivity index is 3.01. The predicted octanol–water partition coefficient (Wildman–Crippen LogP) is -1.59. The van der Waals surface area contributed by atoms with Crippen molar-refractivity contribution in [3.05, 3.63) is 30.3 Å². The molecule has 0 spiro atoms. The van der Waals surface area contributed by atoms with Crippen LogP contribution in [0.5, 0.6) is 0 Å². The number of hydrogen-bond acceptors (Lipinski definition) is 5. The van der Waals surface area contributed by atoms with Crippen LogP contribution in [-0.2, 0) is 19.6 Å². The quantitative estimate of drug-likeness (QED) is 0.221. The lowest BCUT2D eigenvalue weighted by Gasteiger charge is -2.12. The Morgan fingerprint density at radius 2 is 1.78 bits per heavy atom. The van der Waals surface area contributed by atoms with Gasteiger partial charge in [0.2, 0.25) is 10.0 Å². The second-order valence-corrected chi connectivity index (χ2v) is 4.93. The van der Waals surface area contributed by atoms with E-state index in [2.05, 4.69) is 0 Å². The van der Waals surface area contributed by atoms with Crippen molar-refractivity contribution in [2.75, 3.05) is 0 Å². The lowest BCUT2D eigenvalue weighted by molar-refractivity contribution is -0.143. The molecule has 0 aliphatic carbocycles. The van der Waals surface area contributed by atoms with E-state index in [9.17, 15) is 18.0 Å². The van der Waals surface area contributed by atoms with Crippen LogP contribution in [0.4, 0.5) is 0 Å². The maximum absolute atomic E-state index is 11.8. The number of amides is 1. The fourth-order valence-electron chi connectivity index (χ4n) is 1.12. The smallest absolute Gasteiger partial charge is 0.331 e. The highest BCUT2D eigenvalue weighted by atomic mass is 32.2. The number of aliphatic carboxylic acids is 1. The Morgan fingerprint density at radius 3 is 2.22 bits per heavy atom. The van der Waals surface area contributed by atoms with Crippen LogP contribution in [0.25, 0.3) is 0 Å². The first-order chi connectivity index (χ1) is 8.38. The number of carbonyl (C=O) groups excluding carboxylic acids is 1. The molecule has 0 unspecified atom stereocenters. The van der Waals surface area contributed by atoms with Gasteiger partial charge in [-0.3, -0.25) is 10.2 Å². The fourth-order valence-corrected chi connectivity index (χ4v) is 2.29. The summed E-state index contributed by atoms with van der Waals surface area (Å²) in [5, 5.41) is 8.74. The molecule has 0 aliphatic heterocycles. The van der Waals surface area contributed by atoms with Gasteiger partial charge in [-0.15, -0.1) is 0 Å². The van der Waals surface area contributed by atoms with E-state index in [1.807, 2.05) is 0 Å². The van der Waals surface area contributed by atoms with Gasteiger partial charge in [0.05, 0.1) is 4.90 Å². The molecule has 0 bridgehead atoms. The SMILES string of the molecule is NNC(=O)[C@@H](NS(=O)(=O)c1ccccc1)C(=O)O. The van der Waals surface area contributed by atoms with Crippen LogP contribution in [-0.4, -0.2) is 31.4 Å². The molecule has 1 aromatic rings. The molecule has 0 saturated carbocycles. The van der Waals surface area contributed by atoms with Crippen LogP contribution in [0.2, 0.25) is 0 Å². The first-order valence-corrected chi connectivity index (χ1v) is 6.17. The van der Waals surface area contributed by atoms with E-state index in [1.165, 1.54) is 24.3 Å². The Bertz CT molecular complexity index is 543. The van der Waals surface area contributed by atoms with Gasteiger partial charge in [0.25, 0.3) is 5.91 Å². The average Bonchev–Trinajstić information content (AvgIpc) is 2.36. The maximum Gasteiger partial charge on any atom is 0.331 e. The van der Waals surface area contributed by atoms with Crippen LogP contribution >= 0.6 is 0 Å². The minimum Gasteiger partial charge on any atom is -0.480 e. The lowest BCUT2D eigenvalue weighted by atomic mass is 10.3. The topological polar surface area (TPSA) is 139 Å². The number of benzene rings is 1. The number of nitrogens with two attached hydrogens (primary N) is 1. The van der Waals surface area contributed by atoms with Crippen molar-refractivity contribution in [3.8, 4) is 0 Å². The van der Waals surface area contributed by atoms with Gasteiger partial charge in [-0.25, -0.2) is 19.1 Å². The summed E-state index contributed by atoms with van der Waals surface area (Å²) in [6.07, 6.45) is 0. The zero-order valence-electron chi connectivity index (χ0n) is 9.03. The van der Waals surface area contributed by atoms with Crippen LogP contribution in [0.3, 0.4) is 0 Å². The van der Waals surface area contributed by atoms with Crippen molar-refractivity contribution >= 4 is 21.9 Å². The Morgan fingerprint density at radius 1 is 1.22 bits per heavy atom. The van der Waals surface area contributed by atoms with Crippen molar-refractivity contribution in [3.63, 3.8) is 0 Å². The molecule has 8 nitrogen and oxygen atoms in total. The van der Waals surface area contributed by atoms with Gasteiger partial charge in [0.15, 0.2) is 6.04 Å². The van der Waals surface area contributed by atoms with Crippen LogP contribution in [0.1, 0.15) is 0 Å². The largest absolute Gasteiger partial charge is 0.480 e. The standard InChI is InChI=1S/C9H11N3O5S/c10-11-8(13)7(9(14)15)12-18(16,17)6-4-2-1-3-5-6/h1-5,7,12H,10H2,(H,11,13)(H,14,15)/t7-/m1/s1. The highest BCUT2D eigenvalue weighted by molar-refractivity contribution is 7.89. The number of sulfonamides is 1. The van der Waals surface area contributed by atoms with Crippen LogP contribution in [0, 0.1) is 0 Å². The molecule has 5 N–H and O–H groups in total. The van der Waals surface area contributed by atoms with Gasteiger partial charge in [-0.2, -0.15) is 4.72 Å². The summed E-state index contributed by atoms with van der Waals surface area (Å²) in [5.41, 5.74) is 1.57. The molecular weight excluding hydrogens is 262 g/mol. The number of hydrazine groups is 1. The Labute approximate surface area is 103 Å². The number of carboxylic acid groups (broad SMARTS) is 1. The van der Waals surface area contributed by atoms with Gasteiger partial charge < -0.3 is 5.11 Å². The molecule has 9 heteroatoms. The summed E-state index contributed by atoms with van der Waals surface area (Å²) in [5.74, 6) is 1.95. The number of carboxylic acids is 1. The zero-order valence-corrected chi connectivity index (χ0v) is 9.85. The molecule has 0 fully saturated rings. The molecule has 0 saturated heterocycles. The summed E-state index contributed by atoms with van der Waals surface area (Å²) in [6.45, 7) is 0. The number of carbonyl (C=O) groups is 2. The molecule has 1 amide bonds. The maximum atomic E-state index is 11.8. The van der Waals surface area contributed by atoms with E-state index in [0.717, 1.165) is 0 Å². The van der Waals surface area contributed by atoms with E-state index in [4.69, 9.17) is 10.9 Å². The first kappa shape index (κ1) is 14.1. The highest BCUT2D eigenvalue weighted by Crippen LogP contribution is 2.08. The Hall–Kier alpha value is -1.97. The summed E-state index contributed by atoms with van der Waals surface area (Å²) in [6, 6.07) is 5.07. The van der Waals surface area contributed by atoms with Crippen molar-refractivity contribution < 1.29 is 23.1 Å². The van der Waals surface area contributed by atoms with Crippen molar-refractivity contribution in [2.45, 2.75) is 10.9 Å². The van der Waals surface area contributed by atoms with Gasteiger partial charge >= 0.3 is 5.97 Å². The van der Waals surface area contributed by atoms with Crippen LogP contribution in [0.15, 0.2) is 35.2 Å². The molecule has 18 heavy (non-hydrogen) atoms. The predicted molar refractivity (Wildman–Crippen MR) is 60.5 cm³/mol. The summed E-state index contributed by atoms with van der Waals surface area (Å²) >= 11 is 0. The average molecular weight is 273 g/mol.